The highest BCUT2D eigenvalue weighted by Gasteiger charge is 2.18. The Labute approximate surface area is 141 Å². The molecule has 0 amide bonds. The predicted octanol–water partition coefficient (Wildman–Crippen LogP) is 3.37. The van der Waals surface area contributed by atoms with Crippen LogP contribution in [0, 0.1) is 0 Å². The highest BCUT2D eigenvalue weighted by Crippen LogP contribution is 2.28. The first-order chi connectivity index (χ1) is 11.2. The summed E-state index contributed by atoms with van der Waals surface area (Å²) in [6.07, 6.45) is 5.27. The van der Waals surface area contributed by atoms with Crippen molar-refractivity contribution in [2.45, 2.75) is 25.5 Å². The molecule has 7 nitrogen and oxygen atoms in total. The molecular weight excluding hydrogens is 360 g/mol. The molecule has 1 fully saturated rings. The Morgan fingerprint density at radius 1 is 1.35 bits per heavy atom. The Hall–Kier alpha value is -1.93. The van der Waals surface area contributed by atoms with Gasteiger partial charge in [-0.3, -0.25) is 0 Å². The maximum atomic E-state index is 5.83. The van der Waals surface area contributed by atoms with Crippen molar-refractivity contribution in [3.8, 4) is 0 Å². The number of halogens is 1. The molecule has 120 valence electrons. The number of hydrogen-bond acceptors (Lipinski definition) is 5. The van der Waals surface area contributed by atoms with Crippen LogP contribution in [0.25, 0.3) is 10.9 Å². The van der Waals surface area contributed by atoms with Gasteiger partial charge in [0.2, 0.25) is 10.7 Å². The van der Waals surface area contributed by atoms with Crippen LogP contribution in [0.15, 0.2) is 29.1 Å². The van der Waals surface area contributed by atoms with Crippen LogP contribution in [0.2, 0.25) is 0 Å². The number of benzene rings is 1. The first kappa shape index (κ1) is 14.6. The molecule has 3 heterocycles. The zero-order valence-corrected chi connectivity index (χ0v) is 14.3. The summed E-state index contributed by atoms with van der Waals surface area (Å²) in [5, 5.41) is 13.0. The fourth-order valence-corrected chi connectivity index (χ4v) is 3.27. The van der Waals surface area contributed by atoms with E-state index >= 15 is 0 Å². The molecule has 8 heteroatoms. The number of ether oxygens (including phenoxy) is 1. The number of aryl methyl sites for hydroxylation is 1. The van der Waals surface area contributed by atoms with E-state index in [9.17, 15) is 0 Å². The lowest BCUT2D eigenvalue weighted by Gasteiger charge is -2.23. The molecule has 0 saturated carbocycles. The molecule has 1 aromatic carbocycles. The summed E-state index contributed by atoms with van der Waals surface area (Å²) < 4.78 is 10.1. The molecule has 1 atom stereocenters. The summed E-state index contributed by atoms with van der Waals surface area (Å²) >= 11 is 3.27. The fourth-order valence-electron chi connectivity index (χ4n) is 2.87. The van der Waals surface area contributed by atoms with E-state index in [-0.39, 0.29) is 6.23 Å². The molecule has 23 heavy (non-hydrogen) atoms. The second-order valence-electron chi connectivity index (χ2n) is 5.64. The van der Waals surface area contributed by atoms with Gasteiger partial charge >= 0.3 is 0 Å². The van der Waals surface area contributed by atoms with Gasteiger partial charge < -0.3 is 10.1 Å². The number of anilines is 2. The molecule has 1 saturated heterocycles. The monoisotopic (exact) mass is 376 g/mol. The first-order valence-corrected chi connectivity index (χ1v) is 8.42. The van der Waals surface area contributed by atoms with E-state index in [1.807, 2.05) is 24.0 Å². The average Bonchev–Trinajstić information content (AvgIpc) is 3.11. The predicted molar refractivity (Wildman–Crippen MR) is 90.6 cm³/mol. The van der Waals surface area contributed by atoms with Gasteiger partial charge in [0.25, 0.3) is 0 Å². The molecule has 1 aliphatic rings. The molecule has 0 bridgehead atoms. The topological polar surface area (TPSA) is 69.8 Å². The van der Waals surface area contributed by atoms with E-state index in [2.05, 4.69) is 48.6 Å². The lowest BCUT2D eigenvalue weighted by atomic mass is 10.2. The van der Waals surface area contributed by atoms with Crippen molar-refractivity contribution in [2.75, 3.05) is 11.9 Å². The van der Waals surface area contributed by atoms with Crippen LogP contribution in [-0.4, -0.2) is 31.2 Å². The fraction of sp³-hybridized carbons (Fsp3) is 0.400. The minimum absolute atomic E-state index is 0.0507. The molecule has 1 unspecified atom stereocenters. The number of hydrogen-bond donors (Lipinski definition) is 1. The molecule has 1 aliphatic heterocycles. The zero-order chi connectivity index (χ0) is 15.8. The quantitative estimate of drug-likeness (QED) is 0.758. The van der Waals surface area contributed by atoms with Gasteiger partial charge in [-0.15, -0.1) is 5.10 Å². The minimum atomic E-state index is 0.0507. The van der Waals surface area contributed by atoms with Crippen LogP contribution in [0.4, 0.5) is 11.6 Å². The summed E-state index contributed by atoms with van der Waals surface area (Å²) in [6.45, 7) is 0.812. The smallest absolute Gasteiger partial charge is 0.226 e. The van der Waals surface area contributed by atoms with Crippen molar-refractivity contribution in [2.24, 2.45) is 7.05 Å². The third kappa shape index (κ3) is 2.84. The molecule has 3 aromatic rings. The van der Waals surface area contributed by atoms with Crippen LogP contribution < -0.4 is 5.32 Å². The number of aromatic nitrogens is 5. The summed E-state index contributed by atoms with van der Waals surface area (Å²) in [6, 6.07) is 6.14. The normalized spacial score (nSPS) is 18.4. The van der Waals surface area contributed by atoms with Crippen molar-refractivity contribution >= 4 is 38.5 Å². The van der Waals surface area contributed by atoms with E-state index < -0.39 is 0 Å². The van der Waals surface area contributed by atoms with Gasteiger partial charge in [0, 0.05) is 24.7 Å². The van der Waals surface area contributed by atoms with Gasteiger partial charge in [-0.05, 0) is 53.4 Å². The Balaban J connectivity index is 1.62. The van der Waals surface area contributed by atoms with Crippen molar-refractivity contribution < 1.29 is 4.74 Å². The first-order valence-electron chi connectivity index (χ1n) is 7.63. The average molecular weight is 377 g/mol. The molecule has 2 aromatic heterocycles. The van der Waals surface area contributed by atoms with Crippen molar-refractivity contribution in [1.29, 1.82) is 0 Å². The van der Waals surface area contributed by atoms with Crippen LogP contribution >= 0.6 is 15.9 Å². The van der Waals surface area contributed by atoms with E-state index in [1.54, 1.807) is 4.68 Å². The molecule has 0 radical (unpaired) electrons. The SMILES string of the molecule is Cn1nc(Br)nc1Nc1ccc2c(cnn2C2CCCCO2)c1. The van der Waals surface area contributed by atoms with E-state index in [0.29, 0.717) is 10.7 Å². The Kier molecular flexibility index (Phi) is 3.78. The Morgan fingerprint density at radius 2 is 2.26 bits per heavy atom. The van der Waals surface area contributed by atoms with Crippen molar-refractivity contribution in [3.05, 3.63) is 29.1 Å². The summed E-state index contributed by atoms with van der Waals surface area (Å²) in [4.78, 5) is 4.28. The van der Waals surface area contributed by atoms with Crippen LogP contribution in [0.3, 0.4) is 0 Å². The Bertz CT molecular complexity index is 836. The van der Waals surface area contributed by atoms with E-state index in [1.165, 1.54) is 6.42 Å². The van der Waals surface area contributed by atoms with Crippen LogP contribution in [0.5, 0.6) is 0 Å². The van der Waals surface area contributed by atoms with Crippen molar-refractivity contribution in [3.63, 3.8) is 0 Å². The van der Waals surface area contributed by atoms with Crippen LogP contribution in [0.1, 0.15) is 25.5 Å². The highest BCUT2D eigenvalue weighted by atomic mass is 79.9. The third-order valence-electron chi connectivity index (χ3n) is 4.02. The maximum Gasteiger partial charge on any atom is 0.226 e. The van der Waals surface area contributed by atoms with Gasteiger partial charge in [0.1, 0.15) is 0 Å². The number of fused-ring (bicyclic) bond motifs is 1. The van der Waals surface area contributed by atoms with Gasteiger partial charge in [-0.2, -0.15) is 10.1 Å². The highest BCUT2D eigenvalue weighted by molar-refractivity contribution is 9.10. The number of rotatable bonds is 3. The van der Waals surface area contributed by atoms with Gasteiger partial charge in [-0.25, -0.2) is 9.36 Å². The number of nitrogens with zero attached hydrogens (tertiary/aromatic N) is 5. The summed E-state index contributed by atoms with van der Waals surface area (Å²) in [7, 11) is 1.84. The van der Waals surface area contributed by atoms with Gasteiger partial charge in [0.05, 0.1) is 11.7 Å². The van der Waals surface area contributed by atoms with E-state index in [0.717, 1.165) is 36.0 Å². The van der Waals surface area contributed by atoms with E-state index in [4.69, 9.17) is 4.74 Å². The summed E-state index contributed by atoms with van der Waals surface area (Å²) in [5.41, 5.74) is 2.03. The summed E-state index contributed by atoms with van der Waals surface area (Å²) in [5.74, 6) is 0.680. The van der Waals surface area contributed by atoms with Gasteiger partial charge in [0.15, 0.2) is 6.23 Å². The molecule has 1 N–H and O–H groups in total. The van der Waals surface area contributed by atoms with Crippen LogP contribution in [-0.2, 0) is 11.8 Å². The third-order valence-corrected chi connectivity index (χ3v) is 4.35. The lowest BCUT2D eigenvalue weighted by molar-refractivity contribution is -0.0366. The molecule has 0 spiro atoms. The number of nitrogens with one attached hydrogen (secondary N) is 1. The Morgan fingerprint density at radius 3 is 3.00 bits per heavy atom. The van der Waals surface area contributed by atoms with Gasteiger partial charge in [-0.1, -0.05) is 0 Å². The lowest BCUT2D eigenvalue weighted by Crippen LogP contribution is -2.18. The largest absolute Gasteiger partial charge is 0.356 e. The molecule has 4 rings (SSSR count). The molecular formula is C15H17BrN6O. The zero-order valence-electron chi connectivity index (χ0n) is 12.7. The minimum Gasteiger partial charge on any atom is -0.356 e. The second kappa shape index (κ2) is 5.93. The molecule has 0 aliphatic carbocycles. The van der Waals surface area contributed by atoms with Crippen molar-refractivity contribution in [1.82, 2.24) is 24.5 Å². The standard InChI is InChI=1S/C15H17BrN6O/c1-21-15(19-14(16)20-21)18-11-5-6-12-10(8-11)9-17-22(12)13-4-2-3-7-23-13/h5-6,8-9,13H,2-4,7H2,1H3,(H,18,19,20). The second-order valence-corrected chi connectivity index (χ2v) is 6.35. The maximum absolute atomic E-state index is 5.83.